The maximum atomic E-state index is 12.3. The highest BCUT2D eigenvalue weighted by atomic mass is 16.2. The Balaban J connectivity index is 2.28. The SMILES string of the molecule is CCN(CC)C(=O)CCn1[nH]c(=O)c2ccccc2c1=O. The van der Waals surface area contributed by atoms with Crippen LogP contribution in [0.4, 0.5) is 0 Å². The minimum Gasteiger partial charge on any atom is -0.343 e. The van der Waals surface area contributed by atoms with Gasteiger partial charge in [-0.3, -0.25) is 19.5 Å². The molecule has 0 aliphatic heterocycles. The summed E-state index contributed by atoms with van der Waals surface area (Å²) in [5.41, 5.74) is -0.599. The minimum absolute atomic E-state index is 0.0269. The topological polar surface area (TPSA) is 75.2 Å². The van der Waals surface area contributed by atoms with Crippen molar-refractivity contribution < 1.29 is 4.79 Å². The lowest BCUT2D eigenvalue weighted by Gasteiger charge is -2.18. The Morgan fingerprint density at radius 1 is 1.14 bits per heavy atom. The lowest BCUT2D eigenvalue weighted by molar-refractivity contribution is -0.131. The zero-order valence-corrected chi connectivity index (χ0v) is 12.3. The fourth-order valence-corrected chi connectivity index (χ4v) is 2.35. The van der Waals surface area contributed by atoms with Crippen LogP contribution in [0.2, 0.25) is 0 Å². The molecule has 1 heterocycles. The molecule has 0 bridgehead atoms. The highest BCUT2D eigenvalue weighted by molar-refractivity contribution is 5.80. The van der Waals surface area contributed by atoms with Gasteiger partial charge in [0, 0.05) is 19.5 Å². The number of hydrogen-bond donors (Lipinski definition) is 1. The summed E-state index contributed by atoms with van der Waals surface area (Å²) in [6, 6.07) is 6.66. The molecule has 1 N–H and O–H groups in total. The summed E-state index contributed by atoms with van der Waals surface area (Å²) in [5, 5.41) is 3.27. The average molecular weight is 289 g/mol. The smallest absolute Gasteiger partial charge is 0.273 e. The van der Waals surface area contributed by atoms with Crippen molar-refractivity contribution in [3.8, 4) is 0 Å². The predicted octanol–water partition coefficient (Wildman–Crippen LogP) is 0.948. The van der Waals surface area contributed by atoms with Crippen molar-refractivity contribution in [2.24, 2.45) is 0 Å². The number of amides is 1. The van der Waals surface area contributed by atoms with Gasteiger partial charge in [0.15, 0.2) is 0 Å². The molecule has 6 nitrogen and oxygen atoms in total. The van der Waals surface area contributed by atoms with E-state index in [2.05, 4.69) is 5.10 Å². The van der Waals surface area contributed by atoms with Crippen molar-refractivity contribution in [3.63, 3.8) is 0 Å². The highest BCUT2D eigenvalue weighted by Crippen LogP contribution is 2.03. The normalized spacial score (nSPS) is 10.8. The van der Waals surface area contributed by atoms with E-state index in [1.54, 1.807) is 29.2 Å². The number of nitrogens with one attached hydrogen (secondary N) is 1. The molecule has 1 aromatic heterocycles. The van der Waals surface area contributed by atoms with E-state index in [-0.39, 0.29) is 30.0 Å². The third-order valence-electron chi connectivity index (χ3n) is 3.55. The second-order valence-corrected chi connectivity index (χ2v) is 4.76. The monoisotopic (exact) mass is 289 g/mol. The molecule has 21 heavy (non-hydrogen) atoms. The summed E-state index contributed by atoms with van der Waals surface area (Å²) in [7, 11) is 0. The number of aryl methyl sites for hydroxylation is 1. The quantitative estimate of drug-likeness (QED) is 0.890. The Morgan fingerprint density at radius 3 is 2.38 bits per heavy atom. The second-order valence-electron chi connectivity index (χ2n) is 4.76. The molecular weight excluding hydrogens is 270 g/mol. The molecule has 1 amide bonds. The minimum atomic E-state index is -0.319. The van der Waals surface area contributed by atoms with E-state index in [4.69, 9.17) is 0 Å². The van der Waals surface area contributed by atoms with E-state index in [9.17, 15) is 14.4 Å². The highest BCUT2D eigenvalue weighted by Gasteiger charge is 2.11. The number of benzene rings is 1. The standard InChI is InChI=1S/C15H19N3O3/c1-3-17(4-2)13(19)9-10-18-15(21)12-8-6-5-7-11(12)14(20)16-18/h5-8H,3-4,9-10H2,1-2H3,(H,16,20). The number of nitrogens with zero attached hydrogens (tertiary/aromatic N) is 2. The van der Waals surface area contributed by atoms with Gasteiger partial charge in [0.25, 0.3) is 11.1 Å². The van der Waals surface area contributed by atoms with Crippen LogP contribution >= 0.6 is 0 Å². The van der Waals surface area contributed by atoms with Gasteiger partial charge in [-0.2, -0.15) is 0 Å². The molecule has 0 atom stereocenters. The van der Waals surface area contributed by atoms with Crippen LogP contribution in [-0.4, -0.2) is 33.7 Å². The van der Waals surface area contributed by atoms with E-state index in [1.165, 1.54) is 4.68 Å². The third kappa shape index (κ3) is 3.04. The Kier molecular flexibility index (Phi) is 4.57. The Morgan fingerprint density at radius 2 is 1.76 bits per heavy atom. The Labute approximate surface area is 122 Å². The van der Waals surface area contributed by atoms with Gasteiger partial charge in [-0.1, -0.05) is 12.1 Å². The molecular formula is C15H19N3O3. The molecule has 0 saturated carbocycles. The third-order valence-corrected chi connectivity index (χ3v) is 3.55. The summed E-state index contributed by atoms with van der Waals surface area (Å²) in [4.78, 5) is 37.9. The molecule has 6 heteroatoms. The molecule has 0 saturated heterocycles. The fourth-order valence-electron chi connectivity index (χ4n) is 2.35. The number of hydrogen-bond acceptors (Lipinski definition) is 3. The van der Waals surface area contributed by atoms with E-state index >= 15 is 0 Å². The fraction of sp³-hybridized carbons (Fsp3) is 0.400. The number of rotatable bonds is 5. The molecule has 0 fully saturated rings. The summed E-state index contributed by atoms with van der Waals surface area (Å²) in [6.07, 6.45) is 0.190. The van der Waals surface area contributed by atoms with Gasteiger partial charge >= 0.3 is 0 Å². The largest absolute Gasteiger partial charge is 0.343 e. The van der Waals surface area contributed by atoms with Crippen LogP contribution in [0.15, 0.2) is 33.9 Å². The molecule has 0 aliphatic carbocycles. The molecule has 2 aromatic rings. The number of aromatic amines is 1. The zero-order chi connectivity index (χ0) is 15.4. The van der Waals surface area contributed by atoms with E-state index < -0.39 is 0 Å². The first-order valence-corrected chi connectivity index (χ1v) is 7.08. The Bertz CT molecular complexity index is 757. The van der Waals surface area contributed by atoms with Crippen LogP contribution in [-0.2, 0) is 11.3 Å². The Hall–Kier alpha value is -2.37. The number of fused-ring (bicyclic) bond motifs is 1. The van der Waals surface area contributed by atoms with Crippen LogP contribution in [0.3, 0.4) is 0 Å². The van der Waals surface area contributed by atoms with E-state index in [0.29, 0.717) is 23.9 Å². The molecule has 1 aromatic carbocycles. The first-order valence-electron chi connectivity index (χ1n) is 7.08. The van der Waals surface area contributed by atoms with Crippen molar-refractivity contribution >= 4 is 16.7 Å². The maximum Gasteiger partial charge on any atom is 0.273 e. The van der Waals surface area contributed by atoms with Gasteiger partial charge in [-0.15, -0.1) is 0 Å². The van der Waals surface area contributed by atoms with Crippen molar-refractivity contribution in [2.45, 2.75) is 26.8 Å². The molecule has 112 valence electrons. The molecule has 2 rings (SSSR count). The second kappa shape index (κ2) is 6.39. The number of carbonyl (C=O) groups is 1. The van der Waals surface area contributed by atoms with E-state index in [1.807, 2.05) is 13.8 Å². The van der Waals surface area contributed by atoms with Gasteiger partial charge in [0.1, 0.15) is 0 Å². The molecule has 0 radical (unpaired) electrons. The number of aromatic nitrogens is 2. The van der Waals surface area contributed by atoms with Crippen LogP contribution in [0.5, 0.6) is 0 Å². The van der Waals surface area contributed by atoms with Crippen molar-refractivity contribution in [3.05, 3.63) is 45.0 Å². The predicted molar refractivity (Wildman–Crippen MR) is 81.4 cm³/mol. The first kappa shape index (κ1) is 15.0. The van der Waals surface area contributed by atoms with E-state index in [0.717, 1.165) is 0 Å². The summed E-state index contributed by atoms with van der Waals surface area (Å²) in [5.74, 6) is -0.0269. The van der Waals surface area contributed by atoms with Crippen LogP contribution in [0.25, 0.3) is 10.8 Å². The summed E-state index contributed by atoms with van der Waals surface area (Å²) < 4.78 is 1.21. The lowest BCUT2D eigenvalue weighted by Crippen LogP contribution is -2.34. The van der Waals surface area contributed by atoms with Crippen molar-refractivity contribution in [1.29, 1.82) is 0 Å². The van der Waals surface area contributed by atoms with Crippen LogP contribution in [0, 0.1) is 0 Å². The lowest BCUT2D eigenvalue weighted by atomic mass is 10.2. The average Bonchev–Trinajstić information content (AvgIpc) is 2.50. The van der Waals surface area contributed by atoms with Gasteiger partial charge in [0.05, 0.1) is 17.3 Å². The van der Waals surface area contributed by atoms with Crippen LogP contribution < -0.4 is 11.1 Å². The van der Waals surface area contributed by atoms with Gasteiger partial charge in [0.2, 0.25) is 5.91 Å². The first-order chi connectivity index (χ1) is 10.1. The number of H-pyrrole nitrogens is 1. The summed E-state index contributed by atoms with van der Waals surface area (Å²) in [6.45, 7) is 5.27. The summed E-state index contributed by atoms with van der Waals surface area (Å²) >= 11 is 0. The number of carbonyl (C=O) groups excluding carboxylic acids is 1. The molecule has 0 aliphatic rings. The van der Waals surface area contributed by atoms with Crippen molar-refractivity contribution in [2.75, 3.05) is 13.1 Å². The maximum absolute atomic E-state index is 12.3. The van der Waals surface area contributed by atoms with Crippen molar-refractivity contribution in [1.82, 2.24) is 14.7 Å². The van der Waals surface area contributed by atoms with Gasteiger partial charge in [-0.25, -0.2) is 4.68 Å². The molecule has 0 unspecified atom stereocenters. The zero-order valence-electron chi connectivity index (χ0n) is 12.3. The van der Waals surface area contributed by atoms with Gasteiger partial charge < -0.3 is 4.90 Å². The van der Waals surface area contributed by atoms with Gasteiger partial charge in [-0.05, 0) is 26.0 Å². The van der Waals surface area contributed by atoms with Crippen LogP contribution in [0.1, 0.15) is 20.3 Å². The molecule has 0 spiro atoms.